The Morgan fingerprint density at radius 3 is 0.981 bits per heavy atom. The summed E-state index contributed by atoms with van der Waals surface area (Å²) in [5, 5.41) is 42.3. The third-order valence-electron chi connectivity index (χ3n) is 11.8. The first-order valence-electron chi connectivity index (χ1n) is 24.4. The average molecular weight is 768 g/mol. The van der Waals surface area contributed by atoms with Crippen LogP contribution in [0.4, 0.5) is 0 Å². The highest BCUT2D eigenvalue weighted by atomic mass is 16.3. The molecule has 0 aliphatic rings. The molecule has 324 valence electrons. The highest BCUT2D eigenvalue weighted by Gasteiger charge is 2.26. The second-order valence-electron chi connectivity index (χ2n) is 17.1. The van der Waals surface area contributed by atoms with Crippen molar-refractivity contribution in [1.82, 2.24) is 5.32 Å². The van der Waals surface area contributed by atoms with Crippen LogP contribution in [0.1, 0.15) is 270 Å². The molecule has 6 heteroatoms. The summed E-state index contributed by atoms with van der Waals surface area (Å²) >= 11 is 0. The van der Waals surface area contributed by atoms with Crippen LogP contribution in [0.3, 0.4) is 0 Å². The summed E-state index contributed by atoms with van der Waals surface area (Å²) < 4.78 is 0. The van der Waals surface area contributed by atoms with Gasteiger partial charge in [-0.25, -0.2) is 0 Å². The number of nitrogens with one attached hydrogen (secondary N) is 1. The summed E-state index contributed by atoms with van der Waals surface area (Å²) in [4.78, 5) is 12.4. The summed E-state index contributed by atoms with van der Waals surface area (Å²) in [6, 6.07) is -0.806. The number of hydrogen-bond acceptors (Lipinski definition) is 5. The molecule has 0 heterocycles. The highest BCUT2D eigenvalue weighted by molar-refractivity contribution is 5.76. The Morgan fingerprint density at radius 1 is 0.407 bits per heavy atom. The summed E-state index contributed by atoms with van der Waals surface area (Å²) in [6.45, 7) is 2.25. The van der Waals surface area contributed by atoms with E-state index in [-0.39, 0.29) is 12.5 Å². The van der Waals surface area contributed by atoms with E-state index in [0.717, 1.165) is 44.9 Å². The number of hydrogen-bond donors (Lipinski definition) is 5. The second-order valence-corrected chi connectivity index (χ2v) is 17.1. The SMILES string of the molecule is CCCCCCCCCCCCCCC(O)[C@@H](O)[C@@H](CO)NC(=O)CCCCCCCCCCCCCCCCCCCCCCCCCCCCCO. The molecule has 6 nitrogen and oxygen atoms in total. The summed E-state index contributed by atoms with van der Waals surface area (Å²) in [7, 11) is 0. The molecule has 0 aromatic carbocycles. The summed E-state index contributed by atoms with van der Waals surface area (Å²) in [5.41, 5.74) is 0. The van der Waals surface area contributed by atoms with Gasteiger partial charge in [0.25, 0.3) is 0 Å². The minimum absolute atomic E-state index is 0.143. The molecule has 0 aromatic rings. The van der Waals surface area contributed by atoms with Crippen molar-refractivity contribution in [3.63, 3.8) is 0 Å². The Hall–Kier alpha value is -0.690. The van der Waals surface area contributed by atoms with Gasteiger partial charge in [0.05, 0.1) is 18.8 Å². The third-order valence-corrected chi connectivity index (χ3v) is 11.8. The molecule has 54 heavy (non-hydrogen) atoms. The van der Waals surface area contributed by atoms with Crippen molar-refractivity contribution in [2.45, 2.75) is 288 Å². The summed E-state index contributed by atoms with van der Waals surface area (Å²) in [5.74, 6) is -0.143. The van der Waals surface area contributed by atoms with Crippen LogP contribution in [0.5, 0.6) is 0 Å². The Labute approximate surface area is 337 Å². The van der Waals surface area contributed by atoms with Crippen LogP contribution in [0.25, 0.3) is 0 Å². The first kappa shape index (κ1) is 53.3. The van der Waals surface area contributed by atoms with E-state index >= 15 is 0 Å². The van der Waals surface area contributed by atoms with E-state index < -0.39 is 18.2 Å². The maximum Gasteiger partial charge on any atom is 0.220 e. The van der Waals surface area contributed by atoms with Gasteiger partial charge in [-0.15, -0.1) is 0 Å². The maximum absolute atomic E-state index is 12.4. The van der Waals surface area contributed by atoms with Crippen LogP contribution in [0.15, 0.2) is 0 Å². The van der Waals surface area contributed by atoms with Crippen molar-refractivity contribution in [3.8, 4) is 0 Å². The Kier molecular flexibility index (Phi) is 44.4. The average Bonchev–Trinajstić information content (AvgIpc) is 3.18. The fraction of sp³-hybridized carbons (Fsp3) is 0.979. The van der Waals surface area contributed by atoms with E-state index in [0.29, 0.717) is 19.4 Å². The van der Waals surface area contributed by atoms with Gasteiger partial charge in [-0.3, -0.25) is 4.79 Å². The van der Waals surface area contributed by atoms with Crippen molar-refractivity contribution < 1.29 is 25.2 Å². The van der Waals surface area contributed by atoms with Crippen LogP contribution >= 0.6 is 0 Å². The van der Waals surface area contributed by atoms with Crippen molar-refractivity contribution in [3.05, 3.63) is 0 Å². The first-order chi connectivity index (χ1) is 26.6. The molecular weight excluding hydrogens is 671 g/mol. The lowest BCUT2D eigenvalue weighted by atomic mass is 9.99. The highest BCUT2D eigenvalue weighted by Crippen LogP contribution is 2.18. The molecule has 0 fully saturated rings. The first-order valence-corrected chi connectivity index (χ1v) is 24.4. The van der Waals surface area contributed by atoms with Gasteiger partial charge >= 0.3 is 0 Å². The molecule has 5 N–H and O–H groups in total. The van der Waals surface area contributed by atoms with Crippen LogP contribution in [0.2, 0.25) is 0 Å². The number of amides is 1. The molecule has 0 saturated heterocycles. The molecular formula is C48H97NO5. The third kappa shape index (κ3) is 39.5. The molecule has 0 saturated carbocycles. The zero-order valence-electron chi connectivity index (χ0n) is 36.3. The largest absolute Gasteiger partial charge is 0.396 e. The molecule has 0 radical (unpaired) electrons. The fourth-order valence-corrected chi connectivity index (χ4v) is 7.97. The molecule has 1 unspecified atom stereocenters. The fourth-order valence-electron chi connectivity index (χ4n) is 7.97. The molecule has 0 bridgehead atoms. The zero-order valence-corrected chi connectivity index (χ0v) is 36.3. The monoisotopic (exact) mass is 768 g/mol. The predicted molar refractivity (Wildman–Crippen MR) is 233 cm³/mol. The van der Waals surface area contributed by atoms with Gasteiger partial charge in [-0.1, -0.05) is 244 Å². The van der Waals surface area contributed by atoms with Gasteiger partial charge in [0, 0.05) is 13.0 Å². The number of carbonyl (C=O) groups excluding carboxylic acids is 1. The Bertz CT molecular complexity index is 721. The topological polar surface area (TPSA) is 110 Å². The Morgan fingerprint density at radius 2 is 0.685 bits per heavy atom. The van der Waals surface area contributed by atoms with E-state index in [4.69, 9.17) is 5.11 Å². The quantitative estimate of drug-likeness (QED) is 0.0396. The molecule has 1 amide bonds. The molecule has 0 aliphatic carbocycles. The van der Waals surface area contributed by atoms with Crippen LogP contribution < -0.4 is 5.32 Å². The Balaban J connectivity index is 3.46. The number of aliphatic hydroxyl groups is 4. The van der Waals surface area contributed by atoms with Crippen molar-refractivity contribution in [2.24, 2.45) is 0 Å². The molecule has 3 atom stereocenters. The van der Waals surface area contributed by atoms with Crippen molar-refractivity contribution >= 4 is 5.91 Å². The standard InChI is InChI=1S/C48H97NO5/c1-2-3-4-5-6-7-8-26-29-32-35-38-41-46(52)48(54)45(44-51)49-47(53)42-39-36-33-30-27-24-22-20-18-16-14-12-10-9-11-13-15-17-19-21-23-25-28-31-34-37-40-43-50/h45-46,48,50-52,54H,2-44H2,1H3,(H,49,53)/t45-,46?,48+/m1/s1. The molecule has 0 rings (SSSR count). The van der Waals surface area contributed by atoms with Gasteiger partial charge in [0.1, 0.15) is 6.10 Å². The second kappa shape index (κ2) is 45.0. The van der Waals surface area contributed by atoms with E-state index in [1.54, 1.807) is 0 Å². The van der Waals surface area contributed by atoms with Gasteiger partial charge in [0.15, 0.2) is 0 Å². The van der Waals surface area contributed by atoms with Crippen LogP contribution in [-0.2, 0) is 4.79 Å². The molecule has 0 spiro atoms. The summed E-state index contributed by atoms with van der Waals surface area (Å²) in [6.07, 6.45) is 49.6. The number of carbonyl (C=O) groups is 1. The van der Waals surface area contributed by atoms with Gasteiger partial charge < -0.3 is 25.7 Å². The number of aliphatic hydroxyl groups excluding tert-OH is 4. The number of unbranched alkanes of at least 4 members (excludes halogenated alkanes) is 37. The smallest absolute Gasteiger partial charge is 0.220 e. The van der Waals surface area contributed by atoms with E-state index in [1.807, 2.05) is 0 Å². The van der Waals surface area contributed by atoms with Crippen LogP contribution in [-0.4, -0.2) is 57.8 Å². The van der Waals surface area contributed by atoms with E-state index in [2.05, 4.69) is 12.2 Å². The number of rotatable bonds is 46. The normalized spacial score (nSPS) is 13.4. The van der Waals surface area contributed by atoms with E-state index in [1.165, 1.54) is 205 Å². The van der Waals surface area contributed by atoms with E-state index in [9.17, 15) is 20.1 Å². The predicted octanol–water partition coefficient (Wildman–Crippen LogP) is 13.2. The lowest BCUT2D eigenvalue weighted by molar-refractivity contribution is -0.124. The van der Waals surface area contributed by atoms with Crippen LogP contribution in [0, 0.1) is 0 Å². The van der Waals surface area contributed by atoms with Crippen molar-refractivity contribution in [2.75, 3.05) is 13.2 Å². The van der Waals surface area contributed by atoms with Gasteiger partial charge in [0.2, 0.25) is 5.91 Å². The molecule has 0 aliphatic heterocycles. The van der Waals surface area contributed by atoms with Crippen molar-refractivity contribution in [1.29, 1.82) is 0 Å². The van der Waals surface area contributed by atoms with Gasteiger partial charge in [-0.05, 0) is 19.3 Å². The minimum Gasteiger partial charge on any atom is -0.396 e. The molecule has 0 aromatic heterocycles. The van der Waals surface area contributed by atoms with Gasteiger partial charge in [-0.2, -0.15) is 0 Å². The lowest BCUT2D eigenvalue weighted by Gasteiger charge is -2.26. The zero-order chi connectivity index (χ0) is 39.4. The maximum atomic E-state index is 12.4. The lowest BCUT2D eigenvalue weighted by Crippen LogP contribution is -2.50. The minimum atomic E-state index is -1.13.